The summed E-state index contributed by atoms with van der Waals surface area (Å²) in [5.74, 6) is 0.482. The highest BCUT2D eigenvalue weighted by Crippen LogP contribution is 2.12. The number of hydrogen-bond donors (Lipinski definition) is 3. The van der Waals surface area contributed by atoms with Crippen LogP contribution < -0.4 is 20.7 Å². The van der Waals surface area contributed by atoms with E-state index in [2.05, 4.69) is 16.0 Å². The highest BCUT2D eigenvalue weighted by Gasteiger charge is 2.07. The quantitative estimate of drug-likeness (QED) is 0.512. The van der Waals surface area contributed by atoms with Crippen LogP contribution in [0.25, 0.3) is 0 Å². The second-order valence-corrected chi connectivity index (χ2v) is 6.73. The second-order valence-electron chi connectivity index (χ2n) is 6.73. The first-order chi connectivity index (χ1) is 14.6. The third-order valence-electron chi connectivity index (χ3n) is 4.52. The maximum atomic E-state index is 12.4. The minimum absolute atomic E-state index is 0.116. The van der Waals surface area contributed by atoms with E-state index >= 15 is 0 Å². The van der Waals surface area contributed by atoms with Crippen molar-refractivity contribution in [1.29, 1.82) is 0 Å². The van der Waals surface area contributed by atoms with E-state index in [1.807, 2.05) is 60.7 Å². The Balaban J connectivity index is 1.45. The molecule has 0 bridgehead atoms. The monoisotopic (exact) mass is 403 g/mol. The van der Waals surface area contributed by atoms with Gasteiger partial charge in [0, 0.05) is 24.3 Å². The van der Waals surface area contributed by atoms with E-state index in [1.54, 1.807) is 25.3 Å². The minimum Gasteiger partial charge on any atom is -0.497 e. The molecule has 3 aromatic rings. The van der Waals surface area contributed by atoms with Crippen molar-refractivity contribution < 1.29 is 14.3 Å². The molecule has 6 heteroatoms. The van der Waals surface area contributed by atoms with Crippen LogP contribution in [-0.2, 0) is 17.9 Å². The summed E-state index contributed by atoms with van der Waals surface area (Å²) in [6.45, 7) is 1.02. The van der Waals surface area contributed by atoms with Crippen LogP contribution in [0.3, 0.4) is 0 Å². The Morgan fingerprint density at radius 3 is 2.23 bits per heavy atom. The first-order valence-electron chi connectivity index (χ1n) is 9.70. The number of nitrogens with one attached hydrogen (secondary N) is 3. The minimum atomic E-state index is -0.161. The molecule has 0 atom stereocenters. The normalized spacial score (nSPS) is 10.2. The summed E-state index contributed by atoms with van der Waals surface area (Å²) in [6, 6.07) is 24.3. The fourth-order valence-corrected chi connectivity index (χ4v) is 2.84. The van der Waals surface area contributed by atoms with Gasteiger partial charge in [0.15, 0.2) is 0 Å². The van der Waals surface area contributed by atoms with Crippen molar-refractivity contribution in [2.75, 3.05) is 19.0 Å². The molecular formula is C24H25N3O3. The van der Waals surface area contributed by atoms with Crippen LogP contribution in [0.1, 0.15) is 21.5 Å². The second kappa shape index (κ2) is 10.7. The van der Waals surface area contributed by atoms with Crippen LogP contribution in [-0.4, -0.2) is 25.5 Å². The zero-order valence-electron chi connectivity index (χ0n) is 16.9. The maximum Gasteiger partial charge on any atom is 0.251 e. The van der Waals surface area contributed by atoms with E-state index in [9.17, 15) is 9.59 Å². The molecule has 0 fully saturated rings. The van der Waals surface area contributed by atoms with E-state index in [0.717, 1.165) is 16.9 Å². The van der Waals surface area contributed by atoms with Crippen molar-refractivity contribution >= 4 is 17.5 Å². The van der Waals surface area contributed by atoms with Crippen molar-refractivity contribution in [3.8, 4) is 5.75 Å². The first kappa shape index (κ1) is 20.9. The zero-order chi connectivity index (χ0) is 21.2. The van der Waals surface area contributed by atoms with Crippen LogP contribution in [0.2, 0.25) is 0 Å². The molecule has 0 saturated carbocycles. The summed E-state index contributed by atoms with van der Waals surface area (Å²) in [6.07, 6.45) is 0. The molecule has 3 N–H and O–H groups in total. The molecule has 0 saturated heterocycles. The summed E-state index contributed by atoms with van der Waals surface area (Å²) in [5.41, 5.74) is 3.27. The Labute approximate surface area is 176 Å². The van der Waals surface area contributed by atoms with E-state index < -0.39 is 0 Å². The average molecular weight is 403 g/mol. The van der Waals surface area contributed by atoms with Crippen molar-refractivity contribution in [3.05, 3.63) is 95.6 Å². The molecule has 6 nitrogen and oxygen atoms in total. The smallest absolute Gasteiger partial charge is 0.251 e. The van der Waals surface area contributed by atoms with Gasteiger partial charge in [-0.25, -0.2) is 0 Å². The average Bonchev–Trinajstić information content (AvgIpc) is 2.81. The lowest BCUT2D eigenvalue weighted by molar-refractivity contribution is -0.119. The van der Waals surface area contributed by atoms with E-state index in [0.29, 0.717) is 24.3 Å². The maximum absolute atomic E-state index is 12.4. The summed E-state index contributed by atoms with van der Waals surface area (Å²) < 4.78 is 5.12. The zero-order valence-corrected chi connectivity index (χ0v) is 16.9. The molecule has 3 aromatic carbocycles. The van der Waals surface area contributed by atoms with Gasteiger partial charge >= 0.3 is 0 Å². The molecule has 30 heavy (non-hydrogen) atoms. The van der Waals surface area contributed by atoms with Gasteiger partial charge in [-0.2, -0.15) is 0 Å². The van der Waals surface area contributed by atoms with E-state index in [-0.39, 0.29) is 18.4 Å². The Bertz CT molecular complexity index is 973. The number of carbonyl (C=O) groups excluding carboxylic acids is 2. The molecule has 0 spiro atoms. The van der Waals surface area contributed by atoms with Crippen LogP contribution in [0, 0.1) is 0 Å². The molecule has 154 valence electrons. The summed E-state index contributed by atoms with van der Waals surface area (Å²) in [5, 5.41) is 8.82. The Morgan fingerprint density at radius 1 is 0.800 bits per heavy atom. The molecule has 0 aliphatic heterocycles. The van der Waals surface area contributed by atoms with Crippen LogP contribution >= 0.6 is 0 Å². The van der Waals surface area contributed by atoms with Gasteiger partial charge in [-0.15, -0.1) is 0 Å². The number of methoxy groups -OCH3 is 1. The summed E-state index contributed by atoms with van der Waals surface area (Å²) in [4.78, 5) is 24.5. The molecule has 0 heterocycles. The summed E-state index contributed by atoms with van der Waals surface area (Å²) in [7, 11) is 1.62. The number of rotatable bonds is 9. The topological polar surface area (TPSA) is 79.5 Å². The van der Waals surface area contributed by atoms with Gasteiger partial charge in [0.05, 0.1) is 13.7 Å². The number of anilines is 1. The molecule has 0 aromatic heterocycles. The van der Waals surface area contributed by atoms with Crippen molar-refractivity contribution in [3.63, 3.8) is 0 Å². The van der Waals surface area contributed by atoms with Crippen LogP contribution in [0.5, 0.6) is 5.75 Å². The molecule has 0 aliphatic rings. The third-order valence-corrected chi connectivity index (χ3v) is 4.52. The summed E-state index contributed by atoms with van der Waals surface area (Å²) >= 11 is 0. The van der Waals surface area contributed by atoms with Gasteiger partial charge in [0.1, 0.15) is 5.75 Å². The lowest BCUT2D eigenvalue weighted by Gasteiger charge is -2.10. The number of benzene rings is 3. The van der Waals surface area contributed by atoms with Crippen molar-refractivity contribution in [2.24, 2.45) is 0 Å². The number of amides is 2. The van der Waals surface area contributed by atoms with E-state index in [4.69, 9.17) is 4.74 Å². The number of hydrogen-bond acceptors (Lipinski definition) is 4. The Kier molecular flexibility index (Phi) is 7.44. The molecule has 0 unspecified atom stereocenters. The van der Waals surface area contributed by atoms with Crippen molar-refractivity contribution in [1.82, 2.24) is 10.6 Å². The van der Waals surface area contributed by atoms with Gasteiger partial charge in [-0.05, 0) is 41.5 Å². The Hall–Kier alpha value is -3.80. The predicted octanol–water partition coefficient (Wildman–Crippen LogP) is 3.35. The first-order valence-corrected chi connectivity index (χ1v) is 9.70. The molecule has 3 rings (SSSR count). The molecule has 2 amide bonds. The van der Waals surface area contributed by atoms with Crippen molar-refractivity contribution in [2.45, 2.75) is 13.1 Å². The van der Waals surface area contributed by atoms with Gasteiger partial charge in [0.25, 0.3) is 5.91 Å². The highest BCUT2D eigenvalue weighted by atomic mass is 16.5. The molecule has 0 radical (unpaired) electrons. The largest absolute Gasteiger partial charge is 0.497 e. The lowest BCUT2D eigenvalue weighted by Crippen LogP contribution is -2.29. The molecular weight excluding hydrogens is 378 g/mol. The Morgan fingerprint density at radius 2 is 1.50 bits per heavy atom. The standard InChI is InChI=1S/C24H25N3O3/c1-30-22-12-10-19(11-13-22)15-26-23(28)17-25-21-9-5-8-20(14-21)24(29)27-16-18-6-3-2-4-7-18/h2-14,25H,15-17H2,1H3,(H,26,28)(H,27,29). The predicted molar refractivity (Wildman–Crippen MR) is 117 cm³/mol. The highest BCUT2D eigenvalue weighted by molar-refractivity contribution is 5.95. The number of carbonyl (C=O) groups is 2. The van der Waals surface area contributed by atoms with Gasteiger partial charge < -0.3 is 20.7 Å². The van der Waals surface area contributed by atoms with Gasteiger partial charge in [-0.3, -0.25) is 9.59 Å². The molecule has 0 aliphatic carbocycles. The van der Waals surface area contributed by atoms with E-state index in [1.165, 1.54) is 0 Å². The lowest BCUT2D eigenvalue weighted by atomic mass is 10.1. The SMILES string of the molecule is COc1ccc(CNC(=O)CNc2cccc(C(=O)NCc3ccccc3)c2)cc1. The van der Waals surface area contributed by atoms with Gasteiger partial charge in [0.2, 0.25) is 5.91 Å². The fraction of sp³-hybridized carbons (Fsp3) is 0.167. The van der Waals surface area contributed by atoms with Crippen LogP contribution in [0.4, 0.5) is 5.69 Å². The third kappa shape index (κ3) is 6.38. The van der Waals surface area contributed by atoms with Gasteiger partial charge in [-0.1, -0.05) is 48.5 Å². The number of ether oxygens (including phenoxy) is 1. The fourth-order valence-electron chi connectivity index (χ4n) is 2.84. The van der Waals surface area contributed by atoms with Crippen LogP contribution in [0.15, 0.2) is 78.9 Å².